The van der Waals surface area contributed by atoms with Crippen LogP contribution in [0.3, 0.4) is 0 Å². The maximum atomic E-state index is 12.6. The standard InChI is InChI=1S/C21H23ClN4O3S/c22-19-4-1-2-5-20(19)30(28,29)24-11-10-21(27)26-13-3-12-25(14-15-26)18-8-6-17(16-23)7-9-18/h1-2,4-9,24H,3,10-15H2. The summed E-state index contributed by atoms with van der Waals surface area (Å²) in [6.07, 6.45) is 0.900. The number of sulfonamides is 1. The second kappa shape index (κ2) is 9.94. The van der Waals surface area contributed by atoms with Crippen molar-refractivity contribution in [3.63, 3.8) is 0 Å². The van der Waals surface area contributed by atoms with Crippen LogP contribution >= 0.6 is 11.6 Å². The molecule has 0 saturated carbocycles. The first kappa shape index (κ1) is 22.1. The number of benzene rings is 2. The van der Waals surface area contributed by atoms with Gasteiger partial charge >= 0.3 is 0 Å². The van der Waals surface area contributed by atoms with Crippen LogP contribution in [-0.2, 0) is 14.8 Å². The summed E-state index contributed by atoms with van der Waals surface area (Å²) in [6.45, 7) is 2.71. The van der Waals surface area contributed by atoms with Gasteiger partial charge in [-0.05, 0) is 42.8 Å². The molecule has 3 rings (SSSR count). The average molecular weight is 447 g/mol. The summed E-state index contributed by atoms with van der Waals surface area (Å²) in [6, 6.07) is 15.7. The first-order valence-electron chi connectivity index (χ1n) is 9.68. The minimum Gasteiger partial charge on any atom is -0.370 e. The van der Waals surface area contributed by atoms with E-state index in [9.17, 15) is 13.2 Å². The molecule has 30 heavy (non-hydrogen) atoms. The lowest BCUT2D eigenvalue weighted by Crippen LogP contribution is -2.37. The summed E-state index contributed by atoms with van der Waals surface area (Å²) in [5.41, 5.74) is 1.64. The summed E-state index contributed by atoms with van der Waals surface area (Å²) in [7, 11) is -3.76. The molecule has 1 N–H and O–H groups in total. The Bertz CT molecular complexity index is 1030. The van der Waals surface area contributed by atoms with Crippen molar-refractivity contribution in [1.29, 1.82) is 5.26 Å². The Morgan fingerprint density at radius 1 is 1.07 bits per heavy atom. The zero-order chi connectivity index (χ0) is 21.6. The zero-order valence-corrected chi connectivity index (χ0v) is 18.0. The van der Waals surface area contributed by atoms with Gasteiger partial charge in [-0.3, -0.25) is 4.79 Å². The Kier molecular flexibility index (Phi) is 7.32. The molecule has 0 aliphatic carbocycles. The number of carbonyl (C=O) groups excluding carboxylic acids is 1. The van der Waals surface area contributed by atoms with Crippen molar-refractivity contribution < 1.29 is 13.2 Å². The van der Waals surface area contributed by atoms with Gasteiger partial charge in [-0.1, -0.05) is 23.7 Å². The van der Waals surface area contributed by atoms with Gasteiger partial charge in [0.15, 0.2) is 0 Å². The molecular weight excluding hydrogens is 424 g/mol. The van der Waals surface area contributed by atoms with E-state index in [1.165, 1.54) is 12.1 Å². The largest absolute Gasteiger partial charge is 0.370 e. The lowest BCUT2D eigenvalue weighted by molar-refractivity contribution is -0.130. The molecule has 0 radical (unpaired) electrons. The number of nitrogens with one attached hydrogen (secondary N) is 1. The third-order valence-corrected chi connectivity index (χ3v) is 6.93. The molecule has 1 amide bonds. The third kappa shape index (κ3) is 5.51. The minimum atomic E-state index is -3.76. The van der Waals surface area contributed by atoms with E-state index in [1.54, 1.807) is 29.2 Å². The number of amides is 1. The second-order valence-electron chi connectivity index (χ2n) is 6.96. The zero-order valence-electron chi connectivity index (χ0n) is 16.4. The molecule has 0 atom stereocenters. The monoisotopic (exact) mass is 446 g/mol. The Morgan fingerprint density at radius 3 is 2.50 bits per heavy atom. The molecule has 1 aliphatic heterocycles. The van der Waals surface area contributed by atoms with Gasteiger partial charge in [0.25, 0.3) is 0 Å². The molecule has 1 fully saturated rings. The number of rotatable bonds is 6. The van der Waals surface area contributed by atoms with Crippen molar-refractivity contribution in [3.8, 4) is 6.07 Å². The van der Waals surface area contributed by atoms with E-state index < -0.39 is 10.0 Å². The van der Waals surface area contributed by atoms with E-state index in [-0.39, 0.29) is 28.8 Å². The van der Waals surface area contributed by atoms with Gasteiger partial charge in [0.2, 0.25) is 15.9 Å². The van der Waals surface area contributed by atoms with Crippen LogP contribution in [0.15, 0.2) is 53.4 Å². The Labute approximate surface area is 181 Å². The van der Waals surface area contributed by atoms with Gasteiger partial charge in [-0.15, -0.1) is 0 Å². The summed E-state index contributed by atoms with van der Waals surface area (Å²) >= 11 is 5.96. The summed E-state index contributed by atoms with van der Waals surface area (Å²) < 4.78 is 27.2. The molecule has 2 aromatic carbocycles. The van der Waals surface area contributed by atoms with Crippen molar-refractivity contribution in [2.24, 2.45) is 0 Å². The fraction of sp³-hybridized carbons (Fsp3) is 0.333. The van der Waals surface area contributed by atoms with E-state index in [4.69, 9.17) is 16.9 Å². The van der Waals surface area contributed by atoms with Gasteiger partial charge in [0, 0.05) is 44.8 Å². The maximum Gasteiger partial charge on any atom is 0.242 e. The van der Waals surface area contributed by atoms with Crippen LogP contribution < -0.4 is 9.62 Å². The predicted molar refractivity (Wildman–Crippen MR) is 116 cm³/mol. The van der Waals surface area contributed by atoms with E-state index in [0.29, 0.717) is 25.2 Å². The Hall–Kier alpha value is -2.60. The van der Waals surface area contributed by atoms with Crippen LogP contribution in [0.25, 0.3) is 0 Å². The van der Waals surface area contributed by atoms with E-state index in [2.05, 4.69) is 15.7 Å². The molecule has 0 bridgehead atoms. The highest BCUT2D eigenvalue weighted by Crippen LogP contribution is 2.20. The number of nitriles is 1. The fourth-order valence-electron chi connectivity index (χ4n) is 3.36. The lowest BCUT2D eigenvalue weighted by atomic mass is 10.2. The smallest absolute Gasteiger partial charge is 0.242 e. The molecule has 1 heterocycles. The van der Waals surface area contributed by atoms with Crippen LogP contribution in [0, 0.1) is 11.3 Å². The number of carbonyl (C=O) groups is 1. The van der Waals surface area contributed by atoms with Crippen molar-refractivity contribution in [1.82, 2.24) is 9.62 Å². The molecule has 0 spiro atoms. The van der Waals surface area contributed by atoms with Crippen LogP contribution in [0.2, 0.25) is 5.02 Å². The van der Waals surface area contributed by atoms with E-state index >= 15 is 0 Å². The average Bonchev–Trinajstić information content (AvgIpc) is 3.00. The van der Waals surface area contributed by atoms with E-state index in [0.717, 1.165) is 18.7 Å². The topological polar surface area (TPSA) is 93.5 Å². The van der Waals surface area contributed by atoms with E-state index in [1.807, 2.05) is 12.1 Å². The van der Waals surface area contributed by atoms with Crippen molar-refractivity contribution in [3.05, 3.63) is 59.1 Å². The maximum absolute atomic E-state index is 12.6. The SMILES string of the molecule is N#Cc1ccc(N2CCCN(C(=O)CCNS(=O)(=O)c3ccccc3Cl)CC2)cc1. The van der Waals surface area contributed by atoms with Gasteiger partial charge < -0.3 is 9.80 Å². The molecule has 9 heteroatoms. The second-order valence-corrected chi connectivity index (χ2v) is 9.10. The molecule has 158 valence electrons. The molecule has 0 aromatic heterocycles. The third-order valence-electron chi connectivity index (χ3n) is 4.97. The normalized spacial score (nSPS) is 14.8. The lowest BCUT2D eigenvalue weighted by Gasteiger charge is -2.24. The van der Waals surface area contributed by atoms with Crippen molar-refractivity contribution >= 4 is 33.2 Å². The highest BCUT2D eigenvalue weighted by Gasteiger charge is 2.21. The quantitative estimate of drug-likeness (QED) is 0.736. The fourth-order valence-corrected chi connectivity index (χ4v) is 4.91. The first-order chi connectivity index (χ1) is 14.4. The number of halogens is 1. The molecule has 2 aromatic rings. The van der Waals surface area contributed by atoms with Crippen LogP contribution in [0.1, 0.15) is 18.4 Å². The number of hydrogen-bond donors (Lipinski definition) is 1. The number of hydrogen-bond acceptors (Lipinski definition) is 5. The molecule has 1 saturated heterocycles. The highest BCUT2D eigenvalue weighted by molar-refractivity contribution is 7.89. The Balaban J connectivity index is 1.51. The molecule has 7 nitrogen and oxygen atoms in total. The molecule has 1 aliphatic rings. The van der Waals surface area contributed by atoms with Gasteiger partial charge in [-0.25, -0.2) is 13.1 Å². The van der Waals surface area contributed by atoms with Crippen LogP contribution in [0.5, 0.6) is 0 Å². The summed E-state index contributed by atoms with van der Waals surface area (Å²) in [4.78, 5) is 16.5. The van der Waals surface area contributed by atoms with Gasteiger partial charge in [-0.2, -0.15) is 5.26 Å². The van der Waals surface area contributed by atoms with Crippen molar-refractivity contribution in [2.45, 2.75) is 17.7 Å². The number of anilines is 1. The van der Waals surface area contributed by atoms with Crippen LogP contribution in [-0.4, -0.2) is 51.9 Å². The summed E-state index contributed by atoms with van der Waals surface area (Å²) in [5.74, 6) is -0.0847. The minimum absolute atomic E-state index is 0.00643. The van der Waals surface area contributed by atoms with Gasteiger partial charge in [0.05, 0.1) is 16.7 Å². The van der Waals surface area contributed by atoms with Crippen LogP contribution in [0.4, 0.5) is 5.69 Å². The first-order valence-corrected chi connectivity index (χ1v) is 11.5. The highest BCUT2D eigenvalue weighted by atomic mass is 35.5. The Morgan fingerprint density at radius 2 is 1.80 bits per heavy atom. The van der Waals surface area contributed by atoms with Gasteiger partial charge in [0.1, 0.15) is 4.90 Å². The number of nitrogens with zero attached hydrogens (tertiary/aromatic N) is 3. The summed E-state index contributed by atoms with van der Waals surface area (Å²) in [5, 5.41) is 9.07. The predicted octanol–water partition coefficient (Wildman–Crippen LogP) is 2.62. The molecular formula is C21H23ClN4O3S. The molecule has 0 unspecified atom stereocenters. The van der Waals surface area contributed by atoms with Crippen molar-refractivity contribution in [2.75, 3.05) is 37.6 Å².